The largest absolute Gasteiger partial charge is 0.507 e. The lowest BCUT2D eigenvalue weighted by Crippen LogP contribution is -2.71. The second-order valence-corrected chi connectivity index (χ2v) is 24.0. The first kappa shape index (κ1) is 48.0. The minimum atomic E-state index is -0.822. The average molecular weight is 967 g/mol. The second-order valence-electron chi connectivity index (χ2n) is 24.0. The van der Waals surface area contributed by atoms with E-state index in [1.807, 2.05) is 63.2 Å². The van der Waals surface area contributed by atoms with Crippen LogP contribution < -0.4 is 20.9 Å². The Labute approximate surface area is 419 Å². The molecule has 11 rings (SSSR count). The monoisotopic (exact) mass is 967 g/mol. The van der Waals surface area contributed by atoms with Crippen LogP contribution in [0.25, 0.3) is 11.3 Å². The van der Waals surface area contributed by atoms with Crippen LogP contribution in [-0.2, 0) is 20.9 Å². The van der Waals surface area contributed by atoms with E-state index < -0.39 is 23.6 Å². The Hall–Kier alpha value is -5.27. The van der Waals surface area contributed by atoms with Crippen molar-refractivity contribution < 1.29 is 24.6 Å². The fourth-order valence-corrected chi connectivity index (χ4v) is 14.1. The van der Waals surface area contributed by atoms with Crippen LogP contribution in [0.3, 0.4) is 0 Å². The van der Waals surface area contributed by atoms with Crippen molar-refractivity contribution in [3.05, 3.63) is 65.7 Å². The molecule has 3 amide bonds. The van der Waals surface area contributed by atoms with Gasteiger partial charge in [-0.2, -0.15) is 0 Å². The number of phenols is 1. The quantitative estimate of drug-likeness (QED) is 0.176. The van der Waals surface area contributed by atoms with E-state index in [-0.39, 0.29) is 48.9 Å². The van der Waals surface area contributed by atoms with Crippen molar-refractivity contribution in [2.24, 2.45) is 22.2 Å². The number of para-hydroxylation sites is 1. The van der Waals surface area contributed by atoms with E-state index in [4.69, 9.17) is 6.42 Å². The number of carbonyl (C=O) groups excluding carboxylic acids is 3. The molecule has 4 atom stereocenters. The fourth-order valence-electron chi connectivity index (χ4n) is 14.1. The molecule has 0 bridgehead atoms. The molecule has 2 spiro atoms. The van der Waals surface area contributed by atoms with Gasteiger partial charge in [0.25, 0.3) is 0 Å². The number of piperazine rings is 1. The number of aromatic nitrogens is 2. The van der Waals surface area contributed by atoms with Gasteiger partial charge in [-0.25, -0.2) is 0 Å². The number of β-amino-alcohol motifs (C(OH)–C–C–N with tert-alkyl or cyclic N) is 1. The van der Waals surface area contributed by atoms with Crippen LogP contribution in [0.1, 0.15) is 103 Å². The second kappa shape index (κ2) is 19.0. The number of hydrogen-bond donors (Lipinski definition) is 5. The number of anilines is 2. The third kappa shape index (κ3) is 9.50. The van der Waals surface area contributed by atoms with Crippen LogP contribution in [0.5, 0.6) is 5.75 Å². The van der Waals surface area contributed by atoms with Crippen LogP contribution in [0.2, 0.25) is 0 Å². The van der Waals surface area contributed by atoms with Gasteiger partial charge in [0, 0.05) is 93.9 Å². The van der Waals surface area contributed by atoms with Gasteiger partial charge in [-0.1, -0.05) is 51.0 Å². The summed E-state index contributed by atoms with van der Waals surface area (Å²) in [4.78, 5) is 53.9. The van der Waals surface area contributed by atoms with Gasteiger partial charge in [-0.15, -0.1) is 16.6 Å². The lowest BCUT2D eigenvalue weighted by Gasteiger charge is -2.64. The van der Waals surface area contributed by atoms with Gasteiger partial charge in [0.1, 0.15) is 17.8 Å². The van der Waals surface area contributed by atoms with E-state index in [9.17, 15) is 24.6 Å². The summed E-state index contributed by atoms with van der Waals surface area (Å²) in [7, 11) is 0. The first-order chi connectivity index (χ1) is 34.1. The van der Waals surface area contributed by atoms with Gasteiger partial charge in [-0.3, -0.25) is 24.2 Å². The number of nitrogens with zero attached hydrogens (tertiary/aromatic N) is 7. The van der Waals surface area contributed by atoms with E-state index in [1.54, 1.807) is 6.07 Å². The highest BCUT2D eigenvalue weighted by Gasteiger charge is 2.56. The molecule has 0 unspecified atom stereocenters. The number of terminal acetylenes is 1. The lowest BCUT2D eigenvalue weighted by atomic mass is 9.56. The zero-order chi connectivity index (χ0) is 49.2. The van der Waals surface area contributed by atoms with Gasteiger partial charge in [0.2, 0.25) is 17.7 Å². The Balaban J connectivity index is 0.594. The van der Waals surface area contributed by atoms with Crippen LogP contribution in [0, 0.1) is 34.5 Å². The Morgan fingerprint density at radius 3 is 2.24 bits per heavy atom. The maximum absolute atomic E-state index is 14.2. The number of benzene rings is 2. The van der Waals surface area contributed by atoms with Crippen molar-refractivity contribution in [1.82, 2.24) is 40.4 Å². The minimum absolute atomic E-state index is 0.0546. The normalized spacial score (nSPS) is 29.4. The standard InChI is InChI=1S/C56H74N10O5/c1-5-36-10-12-37(13-11-36)30-58-52(70)47-24-43(67)33-66(47)53(71)49(54(2,3)4)59-51(69)38-14-18-55(19-15-38)26-40(27-55)62-20-16-39(17-21-62)64-34-56(35-64)28-41(29-56)63-22-23-65-42(32-63)31-57-50-46(65)25-45(60-61-50)44-8-6-7-9-48(44)68/h1,6-13,25,38-43,47,49,67-68H,14-24,26-35H2,2-4H3,(H,57,61)(H,58,70)(H,59,69)/t38?,40?,42-,43+,47-,49+,55?/m0/s1. The van der Waals surface area contributed by atoms with E-state index in [0.29, 0.717) is 46.3 Å². The molecular formula is C56H74N10O5. The first-order valence-electron chi connectivity index (χ1n) is 26.7. The Bertz CT molecular complexity index is 2500. The zero-order valence-corrected chi connectivity index (χ0v) is 42.0. The Morgan fingerprint density at radius 2 is 1.54 bits per heavy atom. The molecule has 15 nitrogen and oxygen atoms in total. The molecule has 1 aromatic heterocycles. The van der Waals surface area contributed by atoms with Crippen molar-refractivity contribution >= 4 is 29.2 Å². The number of nitrogens with one attached hydrogen (secondary N) is 3. The molecule has 3 aliphatic carbocycles. The molecule has 378 valence electrons. The maximum atomic E-state index is 14.2. The molecule has 6 heterocycles. The van der Waals surface area contributed by atoms with Crippen LogP contribution in [0.4, 0.5) is 11.5 Å². The Kier molecular flexibility index (Phi) is 12.8. The third-order valence-electron chi connectivity index (χ3n) is 18.4. The number of likely N-dealkylation sites (tertiary alicyclic amines) is 3. The molecule has 0 radical (unpaired) electrons. The number of rotatable bonds is 10. The number of hydrogen-bond acceptors (Lipinski definition) is 12. The number of piperidine rings is 1. The molecule has 8 aliphatic rings. The average Bonchev–Trinajstić information content (AvgIpc) is 3.74. The highest BCUT2D eigenvalue weighted by molar-refractivity contribution is 5.93. The highest BCUT2D eigenvalue weighted by atomic mass is 16.3. The molecule has 5 N–H and O–H groups in total. The van der Waals surface area contributed by atoms with Crippen molar-refractivity contribution in [2.45, 2.75) is 140 Å². The molecule has 15 heteroatoms. The van der Waals surface area contributed by atoms with E-state index >= 15 is 0 Å². The number of aliphatic hydroxyl groups is 1. The third-order valence-corrected chi connectivity index (χ3v) is 18.4. The molecule has 5 aliphatic heterocycles. The predicted molar refractivity (Wildman–Crippen MR) is 273 cm³/mol. The smallest absolute Gasteiger partial charge is 0.246 e. The molecule has 2 aromatic carbocycles. The summed E-state index contributed by atoms with van der Waals surface area (Å²) >= 11 is 0. The summed E-state index contributed by atoms with van der Waals surface area (Å²) in [5, 5.41) is 39.7. The lowest BCUT2D eigenvalue weighted by molar-refractivity contribution is -0.145. The maximum Gasteiger partial charge on any atom is 0.246 e. The van der Waals surface area contributed by atoms with Crippen LogP contribution in [-0.4, -0.2) is 159 Å². The van der Waals surface area contributed by atoms with Gasteiger partial charge < -0.3 is 40.9 Å². The van der Waals surface area contributed by atoms with Crippen LogP contribution >= 0.6 is 0 Å². The fraction of sp³-hybridized carbons (Fsp3) is 0.625. The zero-order valence-electron chi connectivity index (χ0n) is 42.0. The number of amides is 3. The van der Waals surface area contributed by atoms with Crippen LogP contribution in [0.15, 0.2) is 54.6 Å². The summed E-state index contributed by atoms with van der Waals surface area (Å²) < 4.78 is 0. The number of aliphatic hydroxyl groups excluding tert-OH is 1. The van der Waals surface area contributed by atoms with E-state index in [0.717, 1.165) is 74.5 Å². The van der Waals surface area contributed by atoms with Gasteiger partial charge in [0.05, 0.1) is 23.5 Å². The minimum Gasteiger partial charge on any atom is -0.507 e. The summed E-state index contributed by atoms with van der Waals surface area (Å²) in [5.74, 6) is 2.80. The number of phenolic OH excluding ortho intramolecular Hbond substituents is 1. The predicted octanol–water partition coefficient (Wildman–Crippen LogP) is 4.82. The Morgan fingerprint density at radius 1 is 0.831 bits per heavy atom. The summed E-state index contributed by atoms with van der Waals surface area (Å²) in [5.41, 5.74) is 4.38. The number of fused-ring (bicyclic) bond motifs is 3. The molecule has 7 fully saturated rings. The summed E-state index contributed by atoms with van der Waals surface area (Å²) in [6.07, 6.45) is 16.2. The van der Waals surface area contributed by atoms with Gasteiger partial charge >= 0.3 is 0 Å². The van der Waals surface area contributed by atoms with Crippen molar-refractivity contribution in [3.8, 4) is 29.4 Å². The summed E-state index contributed by atoms with van der Waals surface area (Å²) in [6, 6.07) is 17.6. The van der Waals surface area contributed by atoms with Crippen molar-refractivity contribution in [3.63, 3.8) is 0 Å². The molecule has 71 heavy (non-hydrogen) atoms. The molecule has 4 saturated heterocycles. The molecular weight excluding hydrogens is 893 g/mol. The van der Waals surface area contributed by atoms with E-state index in [1.165, 1.54) is 69.6 Å². The van der Waals surface area contributed by atoms with Gasteiger partial charge in [0.15, 0.2) is 5.82 Å². The molecule has 3 aromatic rings. The number of carbonyl (C=O) groups is 3. The first-order valence-corrected chi connectivity index (χ1v) is 26.7. The topological polar surface area (TPSA) is 170 Å². The summed E-state index contributed by atoms with van der Waals surface area (Å²) in [6.45, 7) is 15.0. The van der Waals surface area contributed by atoms with Crippen molar-refractivity contribution in [1.29, 1.82) is 0 Å². The van der Waals surface area contributed by atoms with Gasteiger partial charge in [-0.05, 0) is 129 Å². The molecule has 3 saturated carbocycles. The van der Waals surface area contributed by atoms with E-state index in [2.05, 4.69) is 57.7 Å². The SMILES string of the molecule is C#Cc1ccc(CNC(=O)[C@@H]2C[C@@H](O)CN2C(=O)[C@@H](NC(=O)C2CCC3(CC2)CC(N2CCC(N4CC5(CC(N6CCN7c8cc(-c9ccccc9O)nnc8NC[C@H]7C6)C5)C4)CC2)C3)C(C)(C)C)cc1. The number of aromatic hydroxyl groups is 1. The highest BCUT2D eigenvalue weighted by Crippen LogP contribution is 2.56. The van der Waals surface area contributed by atoms with Crippen molar-refractivity contribution in [2.75, 3.05) is 69.1 Å².